The molecule has 23 heavy (non-hydrogen) atoms. The molecule has 5 heteroatoms. The lowest BCUT2D eigenvalue weighted by Gasteiger charge is -2.27. The van der Waals surface area contributed by atoms with Gasteiger partial charge in [0.15, 0.2) is 0 Å². The van der Waals surface area contributed by atoms with Crippen molar-refractivity contribution in [1.29, 1.82) is 0 Å². The maximum atomic E-state index is 6.50. The van der Waals surface area contributed by atoms with Gasteiger partial charge in [-0.25, -0.2) is 0 Å². The van der Waals surface area contributed by atoms with E-state index >= 15 is 0 Å². The van der Waals surface area contributed by atoms with Crippen molar-refractivity contribution in [2.24, 2.45) is 0 Å². The van der Waals surface area contributed by atoms with E-state index in [0.717, 1.165) is 25.4 Å². The summed E-state index contributed by atoms with van der Waals surface area (Å²) in [5.41, 5.74) is 3.95. The Labute approximate surface area is 144 Å². The van der Waals surface area contributed by atoms with Crippen molar-refractivity contribution in [2.75, 3.05) is 42.3 Å². The second-order valence-electron chi connectivity index (χ2n) is 8.17. The molecular weight excluding hydrogens is 302 g/mol. The Morgan fingerprint density at radius 2 is 1.13 bits per heavy atom. The summed E-state index contributed by atoms with van der Waals surface area (Å²) in [5.74, 6) is 1.11. The van der Waals surface area contributed by atoms with E-state index < -0.39 is 8.32 Å². The number of hydrogen-bond acceptors (Lipinski definition) is 4. The van der Waals surface area contributed by atoms with Crippen LogP contribution < -0.4 is 4.43 Å². The molecule has 0 atom stereocenters. The molecular formula is C18H35N3OSi. The SMILES string of the molecule is CN(C)Cc1cc(CN(C)C)c(O[Si](C)(C)C)c(CN(C)C)c1. The molecule has 0 heterocycles. The van der Waals surface area contributed by atoms with Crippen molar-refractivity contribution in [1.82, 2.24) is 14.7 Å². The fourth-order valence-corrected chi connectivity index (χ4v) is 3.51. The quantitative estimate of drug-likeness (QED) is 0.679. The van der Waals surface area contributed by atoms with E-state index in [2.05, 4.69) is 88.8 Å². The highest BCUT2D eigenvalue weighted by molar-refractivity contribution is 6.70. The minimum Gasteiger partial charge on any atom is -0.544 e. The number of nitrogens with zero attached hydrogens (tertiary/aromatic N) is 3. The summed E-state index contributed by atoms with van der Waals surface area (Å²) in [5, 5.41) is 0. The van der Waals surface area contributed by atoms with Crippen LogP contribution in [0.4, 0.5) is 0 Å². The van der Waals surface area contributed by atoms with Gasteiger partial charge in [-0.15, -0.1) is 0 Å². The molecule has 1 aromatic rings. The predicted octanol–water partition coefficient (Wildman–Crippen LogP) is 3.09. The Kier molecular flexibility index (Phi) is 7.26. The van der Waals surface area contributed by atoms with Crippen molar-refractivity contribution in [3.63, 3.8) is 0 Å². The van der Waals surface area contributed by atoms with Gasteiger partial charge < -0.3 is 19.1 Å². The van der Waals surface area contributed by atoms with Gasteiger partial charge in [0, 0.05) is 30.8 Å². The summed E-state index contributed by atoms with van der Waals surface area (Å²) in [6, 6.07) is 4.63. The Morgan fingerprint density at radius 3 is 1.43 bits per heavy atom. The van der Waals surface area contributed by atoms with Crippen LogP contribution in [0.15, 0.2) is 12.1 Å². The molecule has 0 bridgehead atoms. The summed E-state index contributed by atoms with van der Waals surface area (Å²) in [4.78, 5) is 6.64. The van der Waals surface area contributed by atoms with E-state index in [1.807, 2.05) is 0 Å². The van der Waals surface area contributed by atoms with Gasteiger partial charge in [0.05, 0.1) is 0 Å². The monoisotopic (exact) mass is 337 g/mol. The lowest BCUT2D eigenvalue weighted by atomic mass is 10.0. The van der Waals surface area contributed by atoms with Crippen molar-refractivity contribution >= 4 is 8.32 Å². The number of benzene rings is 1. The molecule has 0 saturated carbocycles. The van der Waals surface area contributed by atoms with Crippen LogP contribution in [0.3, 0.4) is 0 Å². The van der Waals surface area contributed by atoms with Crippen LogP contribution >= 0.6 is 0 Å². The van der Waals surface area contributed by atoms with Gasteiger partial charge in [-0.1, -0.05) is 0 Å². The summed E-state index contributed by atoms with van der Waals surface area (Å²) in [6.45, 7) is 9.51. The van der Waals surface area contributed by atoms with Crippen molar-refractivity contribution < 1.29 is 4.43 Å². The fourth-order valence-electron chi connectivity index (χ4n) is 2.64. The van der Waals surface area contributed by atoms with Gasteiger partial charge in [0.1, 0.15) is 5.75 Å². The van der Waals surface area contributed by atoms with Gasteiger partial charge in [-0.2, -0.15) is 0 Å². The molecule has 0 aliphatic heterocycles. The number of rotatable bonds is 8. The molecule has 0 saturated heterocycles. The molecule has 0 aliphatic carbocycles. The lowest BCUT2D eigenvalue weighted by molar-refractivity contribution is 0.377. The lowest BCUT2D eigenvalue weighted by Crippen LogP contribution is -2.31. The highest BCUT2D eigenvalue weighted by atomic mass is 28.4. The summed E-state index contributed by atoms with van der Waals surface area (Å²) >= 11 is 0. The zero-order valence-corrected chi connectivity index (χ0v) is 17.5. The van der Waals surface area contributed by atoms with Crippen LogP contribution in [-0.4, -0.2) is 65.3 Å². The largest absolute Gasteiger partial charge is 0.544 e. The van der Waals surface area contributed by atoms with E-state index in [1.165, 1.54) is 16.7 Å². The molecule has 0 spiro atoms. The van der Waals surface area contributed by atoms with E-state index in [1.54, 1.807) is 0 Å². The second-order valence-corrected chi connectivity index (χ2v) is 12.6. The molecule has 4 nitrogen and oxygen atoms in total. The minimum atomic E-state index is -1.66. The third-order valence-corrected chi connectivity index (χ3v) is 4.00. The first-order valence-corrected chi connectivity index (χ1v) is 11.7. The van der Waals surface area contributed by atoms with Gasteiger partial charge in [-0.05, 0) is 79.6 Å². The van der Waals surface area contributed by atoms with E-state index in [-0.39, 0.29) is 0 Å². The third-order valence-electron chi connectivity index (χ3n) is 3.18. The van der Waals surface area contributed by atoms with Gasteiger partial charge in [0.2, 0.25) is 8.32 Å². The molecule has 1 rings (SSSR count). The second kappa shape index (κ2) is 8.28. The average Bonchev–Trinajstić information content (AvgIpc) is 2.29. The highest BCUT2D eigenvalue weighted by Gasteiger charge is 2.22. The van der Waals surface area contributed by atoms with Crippen molar-refractivity contribution in [2.45, 2.75) is 39.3 Å². The first-order chi connectivity index (χ1) is 10.5. The standard InChI is InChI=1S/C18H35N3OSi/c1-19(2)12-15-10-16(13-20(3)4)18(22-23(7,8)9)17(11-15)14-21(5)6/h10-11H,12-14H2,1-9H3. The van der Waals surface area contributed by atoms with Crippen LogP contribution in [-0.2, 0) is 19.6 Å². The maximum absolute atomic E-state index is 6.50. The number of hydrogen-bond donors (Lipinski definition) is 0. The Bertz CT molecular complexity index is 476. The molecule has 0 unspecified atom stereocenters. The first-order valence-electron chi connectivity index (χ1n) is 8.26. The first kappa shape index (κ1) is 20.2. The fraction of sp³-hybridized carbons (Fsp3) is 0.667. The van der Waals surface area contributed by atoms with E-state index in [0.29, 0.717) is 0 Å². The van der Waals surface area contributed by atoms with Gasteiger partial charge in [-0.3, -0.25) is 0 Å². The van der Waals surface area contributed by atoms with Crippen molar-refractivity contribution in [3.05, 3.63) is 28.8 Å². The summed E-state index contributed by atoms with van der Waals surface area (Å²) < 4.78 is 6.50. The molecule has 0 radical (unpaired) electrons. The van der Waals surface area contributed by atoms with Gasteiger partial charge >= 0.3 is 0 Å². The average molecular weight is 338 g/mol. The maximum Gasteiger partial charge on any atom is 0.242 e. The molecule has 132 valence electrons. The topological polar surface area (TPSA) is 19.0 Å². The molecule has 1 aromatic carbocycles. The molecule has 0 aliphatic rings. The minimum absolute atomic E-state index is 0.904. The van der Waals surface area contributed by atoms with E-state index in [9.17, 15) is 0 Å². The zero-order chi connectivity index (χ0) is 17.8. The Balaban J connectivity index is 3.38. The van der Waals surface area contributed by atoms with E-state index in [4.69, 9.17) is 4.43 Å². The van der Waals surface area contributed by atoms with Crippen LogP contribution in [0.5, 0.6) is 5.75 Å². The smallest absolute Gasteiger partial charge is 0.242 e. The zero-order valence-electron chi connectivity index (χ0n) is 16.5. The highest BCUT2D eigenvalue weighted by Crippen LogP contribution is 2.31. The summed E-state index contributed by atoms with van der Waals surface area (Å²) in [7, 11) is 11.0. The molecule has 0 aromatic heterocycles. The third kappa shape index (κ3) is 7.48. The normalized spacial score (nSPS) is 12.5. The molecule has 0 fully saturated rings. The van der Waals surface area contributed by atoms with Crippen molar-refractivity contribution in [3.8, 4) is 5.75 Å². The van der Waals surface area contributed by atoms with Crippen LogP contribution in [0.25, 0.3) is 0 Å². The predicted molar refractivity (Wildman–Crippen MR) is 103 cm³/mol. The summed E-state index contributed by atoms with van der Waals surface area (Å²) in [6.07, 6.45) is 0. The Morgan fingerprint density at radius 1 is 0.739 bits per heavy atom. The van der Waals surface area contributed by atoms with Crippen LogP contribution in [0, 0.1) is 0 Å². The van der Waals surface area contributed by atoms with Crippen LogP contribution in [0.2, 0.25) is 19.6 Å². The van der Waals surface area contributed by atoms with Crippen LogP contribution in [0.1, 0.15) is 16.7 Å². The Hall–Kier alpha value is -0.883. The van der Waals surface area contributed by atoms with Gasteiger partial charge in [0.25, 0.3) is 0 Å². The molecule has 0 N–H and O–H groups in total. The molecule has 0 amide bonds.